The molecule has 3 rings (SSSR count). The number of thioether (sulfide) groups is 1. The van der Waals surface area contributed by atoms with E-state index in [2.05, 4.69) is 21.4 Å². The van der Waals surface area contributed by atoms with Gasteiger partial charge in [0.15, 0.2) is 5.82 Å². The Morgan fingerprint density at radius 3 is 2.83 bits per heavy atom. The number of quaternary nitrogens is 1. The van der Waals surface area contributed by atoms with Gasteiger partial charge in [0.2, 0.25) is 5.16 Å². The van der Waals surface area contributed by atoms with E-state index in [0.29, 0.717) is 16.4 Å². The summed E-state index contributed by atoms with van der Waals surface area (Å²) >= 11 is 1.36. The van der Waals surface area contributed by atoms with Gasteiger partial charge in [0, 0.05) is 23.5 Å². The van der Waals surface area contributed by atoms with Crippen molar-refractivity contribution in [2.45, 2.75) is 30.8 Å². The van der Waals surface area contributed by atoms with Crippen molar-refractivity contribution in [3.63, 3.8) is 0 Å². The van der Waals surface area contributed by atoms with Crippen LogP contribution in [-0.2, 0) is 6.42 Å². The van der Waals surface area contributed by atoms with Crippen LogP contribution >= 0.6 is 11.8 Å². The summed E-state index contributed by atoms with van der Waals surface area (Å²) in [6.45, 7) is 0.933. The third kappa shape index (κ3) is 3.53. The highest BCUT2D eigenvalue weighted by Gasteiger charge is 2.20. The molecule has 8 heteroatoms. The lowest BCUT2D eigenvalue weighted by molar-refractivity contribution is -0.368. The van der Waals surface area contributed by atoms with Gasteiger partial charge in [0.1, 0.15) is 11.6 Å². The van der Waals surface area contributed by atoms with Crippen molar-refractivity contribution >= 4 is 17.5 Å². The summed E-state index contributed by atoms with van der Waals surface area (Å²) in [5, 5.41) is 10.8. The summed E-state index contributed by atoms with van der Waals surface area (Å²) < 4.78 is 28.8. The second-order valence-corrected chi connectivity index (χ2v) is 6.12. The first-order valence-corrected chi connectivity index (χ1v) is 8.40. The van der Waals surface area contributed by atoms with E-state index in [1.807, 2.05) is 0 Å². The van der Waals surface area contributed by atoms with Gasteiger partial charge in [-0.15, -0.1) is 10.2 Å². The maximum Gasteiger partial charge on any atom is 0.214 e. The molecule has 2 heterocycles. The van der Waals surface area contributed by atoms with E-state index in [0.717, 1.165) is 44.1 Å². The van der Waals surface area contributed by atoms with Crippen molar-refractivity contribution in [1.82, 2.24) is 14.9 Å². The molecule has 2 aromatic rings. The van der Waals surface area contributed by atoms with Crippen LogP contribution in [0.2, 0.25) is 0 Å². The fourth-order valence-electron chi connectivity index (χ4n) is 2.38. The van der Waals surface area contributed by atoms with Crippen LogP contribution in [0.1, 0.15) is 30.7 Å². The summed E-state index contributed by atoms with van der Waals surface area (Å²) in [4.78, 5) is 0. The Hall–Kier alpha value is -1.93. The molecule has 0 saturated carbocycles. The molecule has 0 aliphatic carbocycles. The van der Waals surface area contributed by atoms with Crippen LogP contribution in [0.3, 0.4) is 0 Å². The van der Waals surface area contributed by atoms with Crippen LogP contribution in [0.5, 0.6) is 0 Å². The summed E-state index contributed by atoms with van der Waals surface area (Å²) in [5.74, 6) is -0.381. The van der Waals surface area contributed by atoms with Gasteiger partial charge in [-0.1, -0.05) is 11.8 Å². The van der Waals surface area contributed by atoms with Crippen molar-refractivity contribution < 1.29 is 14.5 Å². The first-order chi connectivity index (χ1) is 11.2. The molecule has 0 saturated heterocycles. The molecule has 0 unspecified atom stereocenters. The van der Waals surface area contributed by atoms with E-state index in [-0.39, 0.29) is 0 Å². The number of hydrogen-bond donors (Lipinski definition) is 2. The molecule has 1 aromatic heterocycles. The second kappa shape index (κ2) is 7.10. The van der Waals surface area contributed by atoms with Crippen molar-refractivity contribution in [3.05, 3.63) is 46.6 Å². The normalized spacial score (nSPS) is 13.4. The molecule has 4 N–H and O–H groups in total. The summed E-state index contributed by atoms with van der Waals surface area (Å²) in [5.41, 5.74) is 7.84. The third-order valence-corrected chi connectivity index (χ3v) is 4.42. The lowest BCUT2D eigenvalue weighted by Crippen LogP contribution is -2.50. The van der Waals surface area contributed by atoms with Gasteiger partial charge < -0.3 is 5.73 Å². The van der Waals surface area contributed by atoms with Crippen LogP contribution in [0.25, 0.3) is 5.70 Å². The molecule has 23 heavy (non-hydrogen) atoms. The molecular formula is C15H18F2N5S+. The number of hydrogen-bond acceptors (Lipinski definition) is 4. The van der Waals surface area contributed by atoms with E-state index in [9.17, 15) is 8.78 Å². The molecule has 122 valence electrons. The molecule has 0 fully saturated rings. The molecule has 0 radical (unpaired) electrons. The number of aromatic nitrogens is 3. The molecule has 1 aromatic carbocycles. The van der Waals surface area contributed by atoms with Crippen LogP contribution in [0.4, 0.5) is 8.78 Å². The number of aryl methyl sites for hydroxylation is 1. The third-order valence-electron chi connectivity index (χ3n) is 3.59. The SMILES string of the molecule is [NH3+]CCCCCc1nnc2n1NC(c1ccc(F)cc1F)=CS2. The number of rotatable bonds is 6. The Bertz CT molecular complexity index is 729. The van der Waals surface area contributed by atoms with E-state index in [1.165, 1.54) is 23.9 Å². The van der Waals surface area contributed by atoms with Gasteiger partial charge in [0.05, 0.1) is 12.2 Å². The van der Waals surface area contributed by atoms with Gasteiger partial charge >= 0.3 is 0 Å². The molecule has 1 aliphatic rings. The van der Waals surface area contributed by atoms with Crippen LogP contribution in [-0.4, -0.2) is 21.4 Å². The molecule has 0 amide bonds. The van der Waals surface area contributed by atoms with Crippen molar-refractivity contribution in [1.29, 1.82) is 0 Å². The Kier molecular flexibility index (Phi) is 4.92. The van der Waals surface area contributed by atoms with E-state index in [4.69, 9.17) is 0 Å². The van der Waals surface area contributed by atoms with Crippen LogP contribution in [0, 0.1) is 11.6 Å². The van der Waals surface area contributed by atoms with E-state index in [1.54, 1.807) is 10.1 Å². The lowest BCUT2D eigenvalue weighted by Gasteiger charge is -2.19. The maximum absolute atomic E-state index is 13.9. The molecule has 5 nitrogen and oxygen atoms in total. The molecule has 0 atom stereocenters. The number of benzene rings is 1. The Balaban J connectivity index is 1.75. The average molecular weight is 338 g/mol. The predicted molar refractivity (Wildman–Crippen MR) is 84.9 cm³/mol. The fourth-order valence-corrected chi connectivity index (χ4v) is 3.12. The number of nitrogens with one attached hydrogen (secondary N) is 1. The highest BCUT2D eigenvalue weighted by Crippen LogP contribution is 2.30. The zero-order valence-corrected chi connectivity index (χ0v) is 13.4. The lowest BCUT2D eigenvalue weighted by atomic mass is 10.1. The highest BCUT2D eigenvalue weighted by molar-refractivity contribution is 8.02. The minimum Gasteiger partial charge on any atom is -0.358 e. The summed E-state index contributed by atoms with van der Waals surface area (Å²) in [7, 11) is 0. The zero-order valence-electron chi connectivity index (χ0n) is 12.6. The monoisotopic (exact) mass is 338 g/mol. The van der Waals surface area contributed by atoms with E-state index < -0.39 is 11.6 Å². The Morgan fingerprint density at radius 1 is 1.17 bits per heavy atom. The molecule has 0 bridgehead atoms. The molecule has 1 aliphatic heterocycles. The molecular weight excluding hydrogens is 320 g/mol. The van der Waals surface area contributed by atoms with Crippen LogP contribution in [0.15, 0.2) is 28.8 Å². The number of fused-ring (bicyclic) bond motifs is 1. The smallest absolute Gasteiger partial charge is 0.214 e. The second-order valence-electron chi connectivity index (χ2n) is 5.28. The topological polar surface area (TPSA) is 70.4 Å². The quantitative estimate of drug-likeness (QED) is 0.792. The fraction of sp³-hybridized carbons (Fsp3) is 0.333. The standard InChI is InChI=1S/C15H17F2N5S/c16-10-5-6-11(12(17)8-10)13-9-23-15-20-19-14(22(15)21-13)4-2-1-3-7-18/h5-6,8-9,21H,1-4,7,18H2/p+1. The Labute approximate surface area is 136 Å². The van der Waals surface area contributed by atoms with E-state index >= 15 is 0 Å². The summed E-state index contributed by atoms with van der Waals surface area (Å²) in [6.07, 6.45) is 3.98. The van der Waals surface area contributed by atoms with Gasteiger partial charge in [-0.2, -0.15) is 0 Å². The Morgan fingerprint density at radius 2 is 2.04 bits per heavy atom. The van der Waals surface area contributed by atoms with Crippen molar-refractivity contribution in [3.8, 4) is 0 Å². The maximum atomic E-state index is 13.9. The van der Waals surface area contributed by atoms with Gasteiger partial charge in [-0.05, 0) is 31.4 Å². The average Bonchev–Trinajstić information content (AvgIpc) is 2.94. The van der Waals surface area contributed by atoms with Gasteiger partial charge in [-0.3, -0.25) is 5.43 Å². The number of nitrogens with zero attached hydrogens (tertiary/aromatic N) is 3. The van der Waals surface area contributed by atoms with Crippen molar-refractivity contribution in [2.75, 3.05) is 12.0 Å². The first-order valence-electron chi connectivity index (χ1n) is 7.52. The first kappa shape index (κ1) is 15.9. The number of unbranched alkanes of at least 4 members (excludes halogenated alkanes) is 2. The van der Waals surface area contributed by atoms with Crippen molar-refractivity contribution in [2.24, 2.45) is 0 Å². The largest absolute Gasteiger partial charge is 0.358 e. The minimum atomic E-state index is -0.599. The highest BCUT2D eigenvalue weighted by atomic mass is 32.2. The molecule has 0 spiro atoms. The van der Waals surface area contributed by atoms with Crippen LogP contribution < -0.4 is 11.2 Å². The number of halogens is 2. The van der Waals surface area contributed by atoms with Gasteiger partial charge in [-0.25, -0.2) is 13.5 Å². The predicted octanol–water partition coefficient (Wildman–Crippen LogP) is 2.16. The zero-order chi connectivity index (χ0) is 16.2. The van der Waals surface area contributed by atoms with Gasteiger partial charge in [0.25, 0.3) is 0 Å². The summed E-state index contributed by atoms with van der Waals surface area (Å²) in [6, 6.07) is 3.55. The minimum absolute atomic E-state index is 0.321.